The topological polar surface area (TPSA) is 3.24 Å². The normalized spacial score (nSPS) is 33.6. The molecule has 0 aromatic heterocycles. The van der Waals surface area contributed by atoms with Crippen molar-refractivity contribution in [3.63, 3.8) is 0 Å². The fourth-order valence-electron chi connectivity index (χ4n) is 1.96. The van der Waals surface area contributed by atoms with Crippen LogP contribution < -0.4 is 0 Å². The van der Waals surface area contributed by atoms with E-state index >= 15 is 0 Å². The van der Waals surface area contributed by atoms with Crippen molar-refractivity contribution in [2.45, 2.75) is 26.2 Å². The van der Waals surface area contributed by atoms with E-state index in [1.54, 1.807) is 0 Å². The van der Waals surface area contributed by atoms with Crippen molar-refractivity contribution in [2.24, 2.45) is 11.8 Å². The molecule has 0 bridgehead atoms. The minimum Gasteiger partial charge on any atom is -0.309 e. The average molecular weight is 141 g/mol. The maximum atomic E-state index is 2.39. The molecule has 0 spiro atoms. The SMILES string of the molecule is C[C@@H]1CCCC1CN(C)C. The lowest BCUT2D eigenvalue weighted by atomic mass is 9.98. The lowest BCUT2D eigenvalue weighted by Gasteiger charge is -2.19. The Labute approximate surface area is 64.4 Å². The van der Waals surface area contributed by atoms with Gasteiger partial charge in [0.1, 0.15) is 0 Å². The summed E-state index contributed by atoms with van der Waals surface area (Å²) in [6.07, 6.45) is 4.37. The van der Waals surface area contributed by atoms with Gasteiger partial charge in [0.2, 0.25) is 0 Å². The zero-order valence-corrected chi connectivity index (χ0v) is 7.43. The average Bonchev–Trinajstić information content (AvgIpc) is 2.15. The van der Waals surface area contributed by atoms with Crippen LogP contribution in [0, 0.1) is 11.8 Å². The molecule has 1 saturated carbocycles. The third-order valence-electron chi connectivity index (χ3n) is 2.64. The van der Waals surface area contributed by atoms with Gasteiger partial charge in [-0.25, -0.2) is 0 Å². The van der Waals surface area contributed by atoms with Crippen LogP contribution in [0.5, 0.6) is 0 Å². The van der Waals surface area contributed by atoms with Crippen LogP contribution in [0.15, 0.2) is 0 Å². The Kier molecular flexibility index (Phi) is 2.72. The van der Waals surface area contributed by atoms with Crippen molar-refractivity contribution in [2.75, 3.05) is 20.6 Å². The first-order valence-corrected chi connectivity index (χ1v) is 4.35. The summed E-state index contributed by atoms with van der Waals surface area (Å²) in [5, 5.41) is 0. The molecule has 0 heterocycles. The third kappa shape index (κ3) is 1.98. The Balaban J connectivity index is 2.26. The highest BCUT2D eigenvalue weighted by Crippen LogP contribution is 2.31. The number of hydrogen-bond acceptors (Lipinski definition) is 1. The smallest absolute Gasteiger partial charge is 0.000610 e. The third-order valence-corrected chi connectivity index (χ3v) is 2.64. The molecular formula is C9H19N. The monoisotopic (exact) mass is 141 g/mol. The van der Waals surface area contributed by atoms with Gasteiger partial charge in [-0.1, -0.05) is 19.8 Å². The highest BCUT2D eigenvalue weighted by Gasteiger charge is 2.23. The second-order valence-electron chi connectivity index (χ2n) is 3.93. The first kappa shape index (κ1) is 8.06. The summed E-state index contributed by atoms with van der Waals surface area (Å²) < 4.78 is 0. The summed E-state index contributed by atoms with van der Waals surface area (Å²) >= 11 is 0. The van der Waals surface area contributed by atoms with E-state index in [1.807, 2.05) is 0 Å². The summed E-state index contributed by atoms with van der Waals surface area (Å²) in [4.78, 5) is 2.31. The molecule has 0 amide bonds. The van der Waals surface area contributed by atoms with E-state index in [0.717, 1.165) is 11.8 Å². The molecule has 60 valence electrons. The first-order valence-electron chi connectivity index (χ1n) is 4.35. The summed E-state index contributed by atoms with van der Waals surface area (Å²) in [6.45, 7) is 3.68. The summed E-state index contributed by atoms with van der Waals surface area (Å²) in [5.74, 6) is 1.96. The van der Waals surface area contributed by atoms with Crippen molar-refractivity contribution in [1.82, 2.24) is 4.90 Å². The summed E-state index contributed by atoms with van der Waals surface area (Å²) in [6, 6.07) is 0. The van der Waals surface area contributed by atoms with E-state index in [4.69, 9.17) is 0 Å². The molecule has 1 aliphatic rings. The van der Waals surface area contributed by atoms with Gasteiger partial charge in [0.25, 0.3) is 0 Å². The van der Waals surface area contributed by atoms with Crippen LogP contribution in [0.1, 0.15) is 26.2 Å². The fraction of sp³-hybridized carbons (Fsp3) is 1.00. The first-order chi connectivity index (χ1) is 4.70. The Bertz CT molecular complexity index is 98.9. The van der Waals surface area contributed by atoms with E-state index in [-0.39, 0.29) is 0 Å². The Morgan fingerprint density at radius 3 is 2.40 bits per heavy atom. The zero-order valence-electron chi connectivity index (χ0n) is 7.43. The molecule has 0 aliphatic heterocycles. The maximum Gasteiger partial charge on any atom is 0.000610 e. The van der Waals surface area contributed by atoms with E-state index in [0.29, 0.717) is 0 Å². The number of nitrogens with zero attached hydrogens (tertiary/aromatic N) is 1. The van der Waals surface area contributed by atoms with Crippen molar-refractivity contribution in [1.29, 1.82) is 0 Å². The van der Waals surface area contributed by atoms with Crippen molar-refractivity contribution >= 4 is 0 Å². The van der Waals surface area contributed by atoms with E-state index < -0.39 is 0 Å². The molecule has 10 heavy (non-hydrogen) atoms. The lowest BCUT2D eigenvalue weighted by Crippen LogP contribution is -2.22. The summed E-state index contributed by atoms with van der Waals surface area (Å²) in [5.41, 5.74) is 0. The molecule has 0 radical (unpaired) electrons. The highest BCUT2D eigenvalue weighted by atomic mass is 15.1. The quantitative estimate of drug-likeness (QED) is 0.568. The van der Waals surface area contributed by atoms with Gasteiger partial charge in [-0.05, 0) is 32.4 Å². The van der Waals surface area contributed by atoms with Crippen LogP contribution in [0.25, 0.3) is 0 Å². The standard InChI is InChI=1S/C9H19N/c1-8-5-4-6-9(8)7-10(2)3/h8-9H,4-7H2,1-3H3/t8-,9?/m1/s1. The molecule has 1 fully saturated rings. The van der Waals surface area contributed by atoms with Crippen molar-refractivity contribution in [3.05, 3.63) is 0 Å². The minimum absolute atomic E-state index is 0.974. The van der Waals surface area contributed by atoms with Crippen molar-refractivity contribution in [3.8, 4) is 0 Å². The molecule has 2 atom stereocenters. The number of hydrogen-bond donors (Lipinski definition) is 0. The predicted octanol–water partition coefficient (Wildman–Crippen LogP) is 1.98. The van der Waals surface area contributed by atoms with E-state index in [9.17, 15) is 0 Å². The molecule has 1 unspecified atom stereocenters. The molecule has 1 aliphatic carbocycles. The largest absolute Gasteiger partial charge is 0.309 e. The molecule has 0 aromatic carbocycles. The van der Waals surface area contributed by atoms with Crippen LogP contribution in [0.4, 0.5) is 0 Å². The molecule has 0 saturated heterocycles. The van der Waals surface area contributed by atoms with Crippen LogP contribution >= 0.6 is 0 Å². The van der Waals surface area contributed by atoms with Gasteiger partial charge in [0.15, 0.2) is 0 Å². The fourth-order valence-corrected chi connectivity index (χ4v) is 1.96. The van der Waals surface area contributed by atoms with Gasteiger partial charge in [-0.2, -0.15) is 0 Å². The van der Waals surface area contributed by atoms with Gasteiger partial charge in [0, 0.05) is 6.54 Å². The van der Waals surface area contributed by atoms with Crippen LogP contribution in [0.3, 0.4) is 0 Å². The van der Waals surface area contributed by atoms with Gasteiger partial charge in [-0.15, -0.1) is 0 Å². The summed E-state index contributed by atoms with van der Waals surface area (Å²) in [7, 11) is 4.34. The molecule has 0 aromatic rings. The number of rotatable bonds is 2. The van der Waals surface area contributed by atoms with Gasteiger partial charge in [-0.3, -0.25) is 0 Å². The molecule has 1 nitrogen and oxygen atoms in total. The van der Waals surface area contributed by atoms with Gasteiger partial charge >= 0.3 is 0 Å². The van der Waals surface area contributed by atoms with Gasteiger partial charge in [0.05, 0.1) is 0 Å². The zero-order chi connectivity index (χ0) is 7.56. The highest BCUT2D eigenvalue weighted by molar-refractivity contribution is 4.75. The lowest BCUT2D eigenvalue weighted by molar-refractivity contribution is 0.286. The second kappa shape index (κ2) is 3.38. The molecular weight excluding hydrogens is 122 g/mol. The Morgan fingerprint density at radius 1 is 1.30 bits per heavy atom. The van der Waals surface area contributed by atoms with Gasteiger partial charge < -0.3 is 4.90 Å². The van der Waals surface area contributed by atoms with Crippen molar-refractivity contribution < 1.29 is 0 Å². The van der Waals surface area contributed by atoms with E-state index in [2.05, 4.69) is 25.9 Å². The van der Waals surface area contributed by atoms with Crippen LogP contribution in [-0.2, 0) is 0 Å². The maximum absolute atomic E-state index is 2.39. The molecule has 1 heteroatoms. The second-order valence-corrected chi connectivity index (χ2v) is 3.93. The Morgan fingerprint density at radius 2 is 2.00 bits per heavy atom. The Hall–Kier alpha value is -0.0400. The predicted molar refractivity (Wildman–Crippen MR) is 45.1 cm³/mol. The molecule has 0 N–H and O–H groups in total. The molecule has 1 rings (SSSR count). The van der Waals surface area contributed by atoms with Crippen LogP contribution in [0.2, 0.25) is 0 Å². The van der Waals surface area contributed by atoms with E-state index in [1.165, 1.54) is 25.8 Å². The minimum atomic E-state index is 0.974. The van der Waals surface area contributed by atoms with Crippen LogP contribution in [-0.4, -0.2) is 25.5 Å².